The second kappa shape index (κ2) is 8.09. The van der Waals surface area contributed by atoms with E-state index in [0.717, 1.165) is 37.9 Å². The van der Waals surface area contributed by atoms with E-state index < -0.39 is 0 Å². The van der Waals surface area contributed by atoms with E-state index in [2.05, 4.69) is 41.9 Å². The Kier molecular flexibility index (Phi) is 5.38. The Balaban J connectivity index is 1.52. The molecule has 1 aliphatic carbocycles. The fraction of sp³-hybridized carbons (Fsp3) is 0.375. The smallest absolute Gasteiger partial charge is 0.309 e. The highest BCUT2D eigenvalue weighted by Crippen LogP contribution is 2.34. The van der Waals surface area contributed by atoms with Gasteiger partial charge in [0.05, 0.1) is 5.92 Å². The Hall–Kier alpha value is -2.75. The summed E-state index contributed by atoms with van der Waals surface area (Å²) in [6, 6.07) is 16.5. The summed E-state index contributed by atoms with van der Waals surface area (Å²) in [7, 11) is 0. The van der Waals surface area contributed by atoms with Gasteiger partial charge in [-0.05, 0) is 62.4 Å². The number of anilines is 1. The van der Waals surface area contributed by atoms with Gasteiger partial charge >= 0.3 is 5.97 Å². The Morgan fingerprint density at radius 3 is 2.68 bits per heavy atom. The molecule has 1 unspecified atom stereocenters. The quantitative estimate of drug-likeness (QED) is 0.625. The predicted molar refractivity (Wildman–Crippen MR) is 114 cm³/mol. The Morgan fingerprint density at radius 2 is 1.93 bits per heavy atom. The maximum Gasteiger partial charge on any atom is 0.309 e. The third-order valence-electron chi connectivity index (χ3n) is 5.86. The normalized spacial score (nSPS) is 16.0. The number of carbonyl (C=O) groups is 1. The molecule has 0 radical (unpaired) electrons. The van der Waals surface area contributed by atoms with Crippen molar-refractivity contribution in [3.05, 3.63) is 65.4 Å². The maximum absolute atomic E-state index is 12.7. The van der Waals surface area contributed by atoms with Crippen LogP contribution in [0, 0.1) is 5.92 Å². The summed E-state index contributed by atoms with van der Waals surface area (Å²) in [4.78, 5) is 18.6. The van der Waals surface area contributed by atoms with E-state index in [1.165, 1.54) is 27.8 Å². The highest BCUT2D eigenvalue weighted by atomic mass is 16.5. The van der Waals surface area contributed by atoms with Crippen LogP contribution in [0.5, 0.6) is 0 Å². The van der Waals surface area contributed by atoms with E-state index in [1.807, 2.05) is 30.3 Å². The number of aromatic nitrogens is 1. The molecular weight excluding hydrogens is 348 g/mol. The van der Waals surface area contributed by atoms with Crippen LogP contribution in [0.4, 0.5) is 5.69 Å². The first-order chi connectivity index (χ1) is 13.7. The zero-order chi connectivity index (χ0) is 19.5. The topological polar surface area (TPSA) is 45.3 Å². The predicted octanol–water partition coefficient (Wildman–Crippen LogP) is 4.86. The van der Waals surface area contributed by atoms with Gasteiger partial charge in [-0.2, -0.15) is 0 Å². The fourth-order valence-corrected chi connectivity index (χ4v) is 4.24. The van der Waals surface area contributed by atoms with Gasteiger partial charge in [0.2, 0.25) is 0 Å². The molecule has 1 heterocycles. The first-order valence-electron chi connectivity index (χ1n) is 10.3. The molecule has 0 amide bonds. The SMILES string of the molecule is CCN(CC)c1ccc2[nH]c3c(c2c1)CC(C(=O)OCc1ccccc1)CC3. The van der Waals surface area contributed by atoms with Crippen LogP contribution in [0.2, 0.25) is 0 Å². The standard InChI is InChI=1S/C24H28N2O2/c1-3-26(4-2)19-11-13-23-21(15-19)20-14-18(10-12-22(20)25-23)24(27)28-16-17-8-6-5-7-9-17/h5-9,11,13,15,18,25H,3-4,10,12,14,16H2,1-2H3. The van der Waals surface area contributed by atoms with Crippen LogP contribution in [0.3, 0.4) is 0 Å². The number of carbonyl (C=O) groups excluding carboxylic acids is 1. The van der Waals surface area contributed by atoms with Crippen molar-refractivity contribution in [1.29, 1.82) is 0 Å². The third kappa shape index (κ3) is 3.64. The van der Waals surface area contributed by atoms with Gasteiger partial charge in [0, 0.05) is 35.4 Å². The molecule has 0 saturated carbocycles. The summed E-state index contributed by atoms with van der Waals surface area (Å²) in [5, 5.41) is 1.25. The van der Waals surface area contributed by atoms with Crippen LogP contribution < -0.4 is 4.90 Å². The second-order valence-corrected chi connectivity index (χ2v) is 7.52. The molecule has 4 heteroatoms. The monoisotopic (exact) mass is 376 g/mol. The first kappa shape index (κ1) is 18.6. The van der Waals surface area contributed by atoms with Crippen molar-refractivity contribution >= 4 is 22.6 Å². The van der Waals surface area contributed by atoms with Crippen LogP contribution >= 0.6 is 0 Å². The van der Waals surface area contributed by atoms with E-state index in [-0.39, 0.29) is 11.9 Å². The van der Waals surface area contributed by atoms with E-state index in [1.54, 1.807) is 0 Å². The lowest BCUT2D eigenvalue weighted by Crippen LogP contribution is -2.24. The van der Waals surface area contributed by atoms with Crippen LogP contribution in [-0.2, 0) is 29.0 Å². The molecule has 4 nitrogen and oxygen atoms in total. The van der Waals surface area contributed by atoms with Gasteiger partial charge in [-0.3, -0.25) is 4.79 Å². The number of benzene rings is 2. The Morgan fingerprint density at radius 1 is 1.14 bits per heavy atom. The van der Waals surface area contributed by atoms with Crippen LogP contribution in [-0.4, -0.2) is 24.0 Å². The Bertz CT molecular complexity index is 957. The number of nitrogens with one attached hydrogen (secondary N) is 1. The third-order valence-corrected chi connectivity index (χ3v) is 5.86. The van der Waals surface area contributed by atoms with E-state index in [4.69, 9.17) is 4.74 Å². The summed E-state index contributed by atoms with van der Waals surface area (Å²) in [6.07, 6.45) is 2.50. The summed E-state index contributed by atoms with van der Waals surface area (Å²) < 4.78 is 5.61. The van der Waals surface area contributed by atoms with Gasteiger partial charge in [-0.1, -0.05) is 30.3 Å². The minimum atomic E-state index is -0.0799. The molecule has 28 heavy (non-hydrogen) atoms. The number of aromatic amines is 1. The molecule has 0 bridgehead atoms. The fourth-order valence-electron chi connectivity index (χ4n) is 4.24. The number of hydrogen-bond donors (Lipinski definition) is 1. The Labute approximate surface area is 166 Å². The van der Waals surface area contributed by atoms with Crippen molar-refractivity contribution in [3.63, 3.8) is 0 Å². The number of aryl methyl sites for hydroxylation is 1. The highest BCUT2D eigenvalue weighted by molar-refractivity contribution is 5.89. The minimum absolute atomic E-state index is 0.0627. The molecule has 1 aliphatic rings. The molecule has 0 saturated heterocycles. The molecule has 0 fully saturated rings. The van der Waals surface area contributed by atoms with Gasteiger partial charge in [-0.25, -0.2) is 0 Å². The highest BCUT2D eigenvalue weighted by Gasteiger charge is 2.28. The number of fused-ring (bicyclic) bond motifs is 3. The molecule has 146 valence electrons. The number of esters is 1. The van der Waals surface area contributed by atoms with Gasteiger partial charge in [-0.15, -0.1) is 0 Å². The minimum Gasteiger partial charge on any atom is -0.461 e. The number of rotatable bonds is 6. The molecule has 0 aliphatic heterocycles. The lowest BCUT2D eigenvalue weighted by Gasteiger charge is -2.22. The number of ether oxygens (including phenoxy) is 1. The van der Waals surface area contributed by atoms with Crippen molar-refractivity contribution in [3.8, 4) is 0 Å². The molecular formula is C24H28N2O2. The van der Waals surface area contributed by atoms with Gasteiger partial charge in [0.25, 0.3) is 0 Å². The number of hydrogen-bond acceptors (Lipinski definition) is 3. The zero-order valence-corrected chi connectivity index (χ0v) is 16.7. The largest absolute Gasteiger partial charge is 0.461 e. The van der Waals surface area contributed by atoms with Crippen molar-refractivity contribution in [2.24, 2.45) is 5.92 Å². The van der Waals surface area contributed by atoms with E-state index in [9.17, 15) is 4.79 Å². The van der Waals surface area contributed by atoms with Crippen molar-refractivity contribution in [2.45, 2.75) is 39.7 Å². The van der Waals surface area contributed by atoms with E-state index >= 15 is 0 Å². The summed E-state index contributed by atoms with van der Waals surface area (Å²) in [5.41, 5.74) is 6.01. The molecule has 2 aromatic carbocycles. The summed E-state index contributed by atoms with van der Waals surface area (Å²) >= 11 is 0. The molecule has 3 aromatic rings. The van der Waals surface area contributed by atoms with Crippen LogP contribution in [0.1, 0.15) is 37.1 Å². The molecule has 4 rings (SSSR count). The van der Waals surface area contributed by atoms with E-state index in [0.29, 0.717) is 6.61 Å². The summed E-state index contributed by atoms with van der Waals surface area (Å²) in [5.74, 6) is -0.143. The van der Waals surface area contributed by atoms with Crippen molar-refractivity contribution in [1.82, 2.24) is 4.98 Å². The molecule has 1 aromatic heterocycles. The molecule has 1 atom stereocenters. The second-order valence-electron chi connectivity index (χ2n) is 7.52. The number of H-pyrrole nitrogens is 1. The molecule has 1 N–H and O–H groups in total. The van der Waals surface area contributed by atoms with Gasteiger partial charge < -0.3 is 14.6 Å². The average molecular weight is 377 g/mol. The maximum atomic E-state index is 12.7. The van der Waals surface area contributed by atoms with Gasteiger partial charge in [0.1, 0.15) is 6.61 Å². The van der Waals surface area contributed by atoms with Crippen molar-refractivity contribution < 1.29 is 9.53 Å². The molecule has 0 spiro atoms. The zero-order valence-electron chi connectivity index (χ0n) is 16.7. The lowest BCUT2D eigenvalue weighted by molar-refractivity contribution is -0.150. The van der Waals surface area contributed by atoms with Gasteiger partial charge in [0.15, 0.2) is 0 Å². The lowest BCUT2D eigenvalue weighted by atomic mass is 9.86. The van der Waals surface area contributed by atoms with Crippen molar-refractivity contribution in [2.75, 3.05) is 18.0 Å². The number of nitrogens with zero attached hydrogens (tertiary/aromatic N) is 1. The first-order valence-corrected chi connectivity index (χ1v) is 10.3. The average Bonchev–Trinajstić information content (AvgIpc) is 3.11. The van der Waals surface area contributed by atoms with Crippen LogP contribution in [0.15, 0.2) is 48.5 Å². The summed E-state index contributed by atoms with van der Waals surface area (Å²) in [6.45, 7) is 6.69. The van der Waals surface area contributed by atoms with Crippen LogP contribution in [0.25, 0.3) is 10.9 Å².